The summed E-state index contributed by atoms with van der Waals surface area (Å²) in [5.74, 6) is 2.74. The number of aromatic amines is 1. The van der Waals surface area contributed by atoms with Gasteiger partial charge in [0.2, 0.25) is 5.91 Å². The number of aromatic nitrogens is 2. The highest BCUT2D eigenvalue weighted by Gasteiger charge is 2.48. The van der Waals surface area contributed by atoms with Gasteiger partial charge in [-0.15, -0.1) is 0 Å². The lowest BCUT2D eigenvalue weighted by atomic mass is 9.78. The zero-order valence-electron chi connectivity index (χ0n) is 17.3. The average molecular weight is 385 g/mol. The van der Waals surface area contributed by atoms with Gasteiger partial charge in [0.05, 0.1) is 17.6 Å². The molecule has 4 heterocycles. The van der Waals surface area contributed by atoms with Gasteiger partial charge < -0.3 is 19.2 Å². The molecule has 6 nitrogen and oxygen atoms in total. The Morgan fingerprint density at radius 3 is 2.79 bits per heavy atom. The number of fused-ring (bicyclic) bond motifs is 2. The molecule has 2 aromatic heterocycles. The molecule has 1 fully saturated rings. The minimum Gasteiger partial charge on any atom is -0.466 e. The SMILES string of the molecule is CCC(=O)N1CCc2[nH]cnc2C12CCN(CCC(C)c1ccc(C)o1)CC2. The molecule has 6 heteroatoms. The number of rotatable bonds is 5. The first-order valence-corrected chi connectivity index (χ1v) is 10.7. The Hall–Kier alpha value is -2.08. The third-order valence-electron chi connectivity index (χ3n) is 6.67. The Balaban J connectivity index is 1.42. The molecule has 1 unspecified atom stereocenters. The van der Waals surface area contributed by atoms with Crippen molar-refractivity contribution in [3.05, 3.63) is 41.4 Å². The molecular formula is C22H32N4O2. The molecule has 0 saturated carbocycles. The number of amides is 1. The van der Waals surface area contributed by atoms with Gasteiger partial charge in [-0.3, -0.25) is 4.79 Å². The summed E-state index contributed by atoms with van der Waals surface area (Å²) in [5.41, 5.74) is 2.11. The van der Waals surface area contributed by atoms with Crippen LogP contribution in [0.15, 0.2) is 22.9 Å². The summed E-state index contributed by atoms with van der Waals surface area (Å²) in [7, 11) is 0. The molecule has 1 amide bonds. The smallest absolute Gasteiger partial charge is 0.223 e. The maximum atomic E-state index is 12.7. The molecule has 0 aromatic carbocycles. The zero-order chi connectivity index (χ0) is 19.7. The zero-order valence-corrected chi connectivity index (χ0v) is 17.3. The maximum absolute atomic E-state index is 12.7. The summed E-state index contributed by atoms with van der Waals surface area (Å²) < 4.78 is 5.78. The molecule has 1 saturated heterocycles. The van der Waals surface area contributed by atoms with Crippen LogP contribution in [0.1, 0.15) is 68.4 Å². The van der Waals surface area contributed by atoms with Crippen molar-refractivity contribution in [3.8, 4) is 0 Å². The monoisotopic (exact) mass is 384 g/mol. The number of carbonyl (C=O) groups excluding carboxylic acids is 1. The van der Waals surface area contributed by atoms with Crippen molar-refractivity contribution < 1.29 is 9.21 Å². The second kappa shape index (κ2) is 7.74. The summed E-state index contributed by atoms with van der Waals surface area (Å²) in [5, 5.41) is 0. The minimum absolute atomic E-state index is 0.221. The van der Waals surface area contributed by atoms with E-state index in [9.17, 15) is 4.79 Å². The number of carbonyl (C=O) groups is 1. The molecule has 1 N–H and O–H groups in total. The highest BCUT2D eigenvalue weighted by molar-refractivity contribution is 5.77. The predicted octanol–water partition coefficient (Wildman–Crippen LogP) is 3.59. The van der Waals surface area contributed by atoms with Crippen LogP contribution in [0.5, 0.6) is 0 Å². The number of H-pyrrole nitrogens is 1. The summed E-state index contributed by atoms with van der Waals surface area (Å²) in [6.45, 7) is 10.1. The average Bonchev–Trinajstić information content (AvgIpc) is 3.36. The third kappa shape index (κ3) is 3.39. The number of hydrogen-bond acceptors (Lipinski definition) is 4. The first kappa shape index (κ1) is 19.2. The van der Waals surface area contributed by atoms with Gasteiger partial charge in [-0.2, -0.15) is 0 Å². The topological polar surface area (TPSA) is 65.4 Å². The van der Waals surface area contributed by atoms with Gasteiger partial charge in [-0.25, -0.2) is 4.98 Å². The van der Waals surface area contributed by atoms with E-state index in [-0.39, 0.29) is 11.4 Å². The van der Waals surface area contributed by atoms with Crippen LogP contribution >= 0.6 is 0 Å². The van der Waals surface area contributed by atoms with Crippen LogP contribution in [0.4, 0.5) is 0 Å². The Bertz CT molecular complexity index is 816. The van der Waals surface area contributed by atoms with Crippen LogP contribution in [0, 0.1) is 6.92 Å². The van der Waals surface area contributed by atoms with Crippen molar-refractivity contribution in [3.63, 3.8) is 0 Å². The largest absolute Gasteiger partial charge is 0.466 e. The fraction of sp³-hybridized carbons (Fsp3) is 0.636. The number of likely N-dealkylation sites (tertiary alicyclic amines) is 1. The van der Waals surface area contributed by atoms with Crippen molar-refractivity contribution in [2.45, 2.75) is 64.3 Å². The van der Waals surface area contributed by atoms with E-state index >= 15 is 0 Å². The molecule has 2 aromatic rings. The lowest BCUT2D eigenvalue weighted by molar-refractivity contribution is -0.141. The van der Waals surface area contributed by atoms with E-state index < -0.39 is 0 Å². The van der Waals surface area contributed by atoms with Gasteiger partial charge in [-0.1, -0.05) is 13.8 Å². The number of piperidine rings is 1. The number of aryl methyl sites for hydroxylation is 1. The fourth-order valence-corrected chi connectivity index (χ4v) is 4.92. The summed E-state index contributed by atoms with van der Waals surface area (Å²) >= 11 is 0. The Labute approximate surface area is 167 Å². The molecule has 1 atom stereocenters. The molecule has 2 aliphatic rings. The van der Waals surface area contributed by atoms with Gasteiger partial charge in [0.1, 0.15) is 11.5 Å². The lowest BCUT2D eigenvalue weighted by Crippen LogP contribution is -2.58. The van der Waals surface area contributed by atoms with Crippen LogP contribution in [-0.2, 0) is 16.8 Å². The van der Waals surface area contributed by atoms with E-state index in [1.807, 2.05) is 19.9 Å². The Morgan fingerprint density at radius 1 is 1.32 bits per heavy atom. The van der Waals surface area contributed by atoms with E-state index in [0.717, 1.165) is 69.1 Å². The minimum atomic E-state index is -0.221. The van der Waals surface area contributed by atoms with Crippen molar-refractivity contribution in [1.29, 1.82) is 0 Å². The molecule has 1 spiro atoms. The first-order chi connectivity index (χ1) is 13.5. The van der Waals surface area contributed by atoms with Crippen LogP contribution in [-0.4, -0.2) is 51.9 Å². The molecule has 0 bridgehead atoms. The fourth-order valence-electron chi connectivity index (χ4n) is 4.92. The normalized spacial score (nSPS) is 20.3. The molecule has 28 heavy (non-hydrogen) atoms. The molecule has 0 radical (unpaired) electrons. The van der Waals surface area contributed by atoms with Crippen molar-refractivity contribution in [2.75, 3.05) is 26.2 Å². The quantitative estimate of drug-likeness (QED) is 0.856. The van der Waals surface area contributed by atoms with Gasteiger partial charge in [0.25, 0.3) is 0 Å². The summed E-state index contributed by atoms with van der Waals surface area (Å²) in [4.78, 5) is 25.3. The van der Waals surface area contributed by atoms with Crippen LogP contribution in [0.3, 0.4) is 0 Å². The molecule has 4 rings (SSSR count). The van der Waals surface area contributed by atoms with E-state index in [1.165, 1.54) is 5.69 Å². The lowest BCUT2D eigenvalue weighted by Gasteiger charge is -2.50. The van der Waals surface area contributed by atoms with Crippen molar-refractivity contribution >= 4 is 5.91 Å². The van der Waals surface area contributed by atoms with E-state index in [0.29, 0.717) is 12.3 Å². The number of imidazole rings is 1. The second-order valence-electron chi connectivity index (χ2n) is 8.39. The van der Waals surface area contributed by atoms with Gasteiger partial charge in [0.15, 0.2) is 0 Å². The van der Waals surface area contributed by atoms with Crippen LogP contribution < -0.4 is 0 Å². The predicted molar refractivity (Wildman–Crippen MR) is 108 cm³/mol. The van der Waals surface area contributed by atoms with Crippen molar-refractivity contribution in [1.82, 2.24) is 19.8 Å². The number of nitrogens with zero attached hydrogens (tertiary/aromatic N) is 3. The molecular weight excluding hydrogens is 352 g/mol. The number of nitrogens with one attached hydrogen (secondary N) is 1. The second-order valence-corrected chi connectivity index (χ2v) is 8.39. The Morgan fingerprint density at radius 2 is 2.11 bits per heavy atom. The highest BCUT2D eigenvalue weighted by Crippen LogP contribution is 2.42. The van der Waals surface area contributed by atoms with E-state index in [1.54, 1.807) is 6.33 Å². The highest BCUT2D eigenvalue weighted by atomic mass is 16.3. The number of furan rings is 1. The molecule has 2 aliphatic heterocycles. The van der Waals surface area contributed by atoms with Crippen LogP contribution in [0.2, 0.25) is 0 Å². The molecule has 152 valence electrons. The third-order valence-corrected chi connectivity index (χ3v) is 6.67. The number of hydrogen-bond donors (Lipinski definition) is 1. The summed E-state index contributed by atoms with van der Waals surface area (Å²) in [6.07, 6.45) is 6.25. The Kier molecular flexibility index (Phi) is 5.32. The van der Waals surface area contributed by atoms with Crippen molar-refractivity contribution in [2.24, 2.45) is 0 Å². The maximum Gasteiger partial charge on any atom is 0.223 e. The summed E-state index contributed by atoms with van der Waals surface area (Å²) in [6, 6.07) is 4.14. The molecule has 0 aliphatic carbocycles. The van der Waals surface area contributed by atoms with Gasteiger partial charge in [-0.05, 0) is 44.9 Å². The first-order valence-electron chi connectivity index (χ1n) is 10.7. The van der Waals surface area contributed by atoms with Crippen LogP contribution in [0.25, 0.3) is 0 Å². The standard InChI is InChI=1S/C22H32N4O2/c1-4-20(27)26-12-8-18-21(24-15-23-18)22(26)9-13-25(14-10-22)11-7-16(2)19-6-5-17(3)28-19/h5-6,15-16H,4,7-14H2,1-3H3,(H,23,24). The van der Waals surface area contributed by atoms with Gasteiger partial charge >= 0.3 is 0 Å². The van der Waals surface area contributed by atoms with E-state index in [4.69, 9.17) is 4.42 Å². The van der Waals surface area contributed by atoms with E-state index in [2.05, 4.69) is 32.8 Å². The van der Waals surface area contributed by atoms with Gasteiger partial charge in [0, 0.05) is 44.1 Å².